The molecule has 1 aliphatic rings. The van der Waals surface area contributed by atoms with Crippen LogP contribution in [0.1, 0.15) is 24.0 Å². The highest BCUT2D eigenvalue weighted by Crippen LogP contribution is 2.29. The van der Waals surface area contributed by atoms with E-state index in [9.17, 15) is 10.1 Å². The Morgan fingerprint density at radius 2 is 2.33 bits per heavy atom. The highest BCUT2D eigenvalue weighted by atomic mass is 16.1. The summed E-state index contributed by atoms with van der Waals surface area (Å²) in [5.41, 5.74) is 8.07. The van der Waals surface area contributed by atoms with Crippen LogP contribution < -0.4 is 10.6 Å². The zero-order valence-electron chi connectivity index (χ0n) is 10.5. The van der Waals surface area contributed by atoms with E-state index in [-0.39, 0.29) is 11.8 Å². The van der Waals surface area contributed by atoms with Crippen molar-refractivity contribution < 1.29 is 4.79 Å². The summed E-state index contributed by atoms with van der Waals surface area (Å²) >= 11 is 0. The van der Waals surface area contributed by atoms with Gasteiger partial charge in [0.2, 0.25) is 5.91 Å². The summed E-state index contributed by atoms with van der Waals surface area (Å²) in [6.07, 6.45) is 1.78. The van der Waals surface area contributed by atoms with Gasteiger partial charge in [-0.3, -0.25) is 4.79 Å². The molecular formula is C14H17N3O. The maximum atomic E-state index is 11.3. The fraction of sp³-hybridized carbons (Fsp3) is 0.429. The highest BCUT2D eigenvalue weighted by molar-refractivity contribution is 5.78. The van der Waals surface area contributed by atoms with Gasteiger partial charge in [0, 0.05) is 13.1 Å². The van der Waals surface area contributed by atoms with Crippen molar-refractivity contribution in [3.63, 3.8) is 0 Å². The summed E-state index contributed by atoms with van der Waals surface area (Å²) in [4.78, 5) is 13.4. The van der Waals surface area contributed by atoms with Crippen LogP contribution in [0.5, 0.6) is 0 Å². The molecule has 0 aromatic heterocycles. The summed E-state index contributed by atoms with van der Waals surface area (Å²) < 4.78 is 0. The number of nitrogens with two attached hydrogens (primary N) is 1. The maximum Gasteiger partial charge on any atom is 0.222 e. The van der Waals surface area contributed by atoms with Crippen molar-refractivity contribution >= 4 is 11.6 Å². The Morgan fingerprint density at radius 1 is 1.56 bits per heavy atom. The van der Waals surface area contributed by atoms with Gasteiger partial charge in [0.1, 0.15) is 6.07 Å². The van der Waals surface area contributed by atoms with E-state index < -0.39 is 0 Å². The number of benzene rings is 1. The number of para-hydroxylation sites is 1. The number of hydrogen-bond acceptors (Lipinski definition) is 3. The van der Waals surface area contributed by atoms with E-state index in [1.807, 2.05) is 25.1 Å². The molecule has 2 rings (SSSR count). The van der Waals surface area contributed by atoms with Crippen LogP contribution in [0, 0.1) is 24.2 Å². The number of carbonyl (C=O) groups excluding carboxylic acids is 1. The SMILES string of the molecule is Cc1cccc(C#N)c1N1CCCC(C(N)=O)C1. The molecule has 1 aromatic carbocycles. The van der Waals surface area contributed by atoms with E-state index in [0.717, 1.165) is 30.6 Å². The van der Waals surface area contributed by atoms with Gasteiger partial charge in [0.25, 0.3) is 0 Å². The molecule has 1 fully saturated rings. The number of amides is 1. The first-order chi connectivity index (χ1) is 8.63. The molecule has 1 aliphatic heterocycles. The number of carbonyl (C=O) groups is 1. The number of anilines is 1. The van der Waals surface area contributed by atoms with Gasteiger partial charge >= 0.3 is 0 Å². The molecule has 1 unspecified atom stereocenters. The van der Waals surface area contributed by atoms with Crippen LogP contribution in [0.4, 0.5) is 5.69 Å². The van der Waals surface area contributed by atoms with Gasteiger partial charge in [-0.2, -0.15) is 5.26 Å². The van der Waals surface area contributed by atoms with Crippen LogP contribution >= 0.6 is 0 Å². The van der Waals surface area contributed by atoms with Gasteiger partial charge in [-0.05, 0) is 31.4 Å². The molecule has 94 valence electrons. The van der Waals surface area contributed by atoms with Crippen molar-refractivity contribution in [2.45, 2.75) is 19.8 Å². The second-order valence-electron chi connectivity index (χ2n) is 4.77. The Bertz CT molecular complexity index is 504. The van der Waals surface area contributed by atoms with Gasteiger partial charge in [-0.25, -0.2) is 0 Å². The van der Waals surface area contributed by atoms with Gasteiger partial charge in [-0.1, -0.05) is 12.1 Å². The molecule has 1 heterocycles. The standard InChI is InChI=1S/C14H17N3O/c1-10-4-2-5-11(8-15)13(10)17-7-3-6-12(9-17)14(16)18/h2,4-5,12H,3,6-7,9H2,1H3,(H2,16,18). The lowest BCUT2D eigenvalue weighted by molar-refractivity contribution is -0.122. The topological polar surface area (TPSA) is 70.1 Å². The first-order valence-electron chi connectivity index (χ1n) is 6.17. The Balaban J connectivity index is 2.32. The monoisotopic (exact) mass is 243 g/mol. The summed E-state index contributed by atoms with van der Waals surface area (Å²) in [5, 5.41) is 9.18. The minimum atomic E-state index is -0.244. The minimum Gasteiger partial charge on any atom is -0.369 e. The molecule has 1 aromatic rings. The lowest BCUT2D eigenvalue weighted by Gasteiger charge is -2.34. The van der Waals surface area contributed by atoms with Crippen molar-refractivity contribution in [2.24, 2.45) is 11.7 Å². The zero-order chi connectivity index (χ0) is 13.1. The van der Waals surface area contributed by atoms with E-state index in [2.05, 4.69) is 11.0 Å². The molecule has 0 spiro atoms. The third kappa shape index (κ3) is 2.30. The number of primary amides is 1. The van der Waals surface area contributed by atoms with Crippen LogP contribution in [0.15, 0.2) is 18.2 Å². The quantitative estimate of drug-likeness (QED) is 0.857. The molecule has 0 radical (unpaired) electrons. The average Bonchev–Trinajstić information content (AvgIpc) is 2.38. The van der Waals surface area contributed by atoms with Crippen molar-refractivity contribution in [3.05, 3.63) is 29.3 Å². The fourth-order valence-corrected chi connectivity index (χ4v) is 2.58. The smallest absolute Gasteiger partial charge is 0.222 e. The van der Waals surface area contributed by atoms with E-state index in [0.29, 0.717) is 12.1 Å². The molecule has 4 heteroatoms. The minimum absolute atomic E-state index is 0.107. The molecule has 4 nitrogen and oxygen atoms in total. The number of nitriles is 1. The first kappa shape index (κ1) is 12.4. The Labute approximate surface area is 107 Å². The number of rotatable bonds is 2. The summed E-state index contributed by atoms with van der Waals surface area (Å²) in [7, 11) is 0. The van der Waals surface area contributed by atoms with Gasteiger partial charge < -0.3 is 10.6 Å². The predicted molar refractivity (Wildman–Crippen MR) is 70.0 cm³/mol. The van der Waals surface area contributed by atoms with Gasteiger partial charge in [-0.15, -0.1) is 0 Å². The molecule has 2 N–H and O–H groups in total. The number of hydrogen-bond donors (Lipinski definition) is 1. The predicted octanol–water partition coefficient (Wildman–Crippen LogP) is 1.57. The second kappa shape index (κ2) is 5.09. The van der Waals surface area contributed by atoms with Crippen molar-refractivity contribution in [1.82, 2.24) is 0 Å². The lowest BCUT2D eigenvalue weighted by atomic mass is 9.95. The first-order valence-corrected chi connectivity index (χ1v) is 6.17. The number of nitrogens with zero attached hydrogens (tertiary/aromatic N) is 2. The highest BCUT2D eigenvalue weighted by Gasteiger charge is 2.26. The Hall–Kier alpha value is -2.02. The van der Waals surface area contributed by atoms with E-state index in [1.165, 1.54) is 0 Å². The molecule has 1 amide bonds. The van der Waals surface area contributed by atoms with Crippen LogP contribution in [0.2, 0.25) is 0 Å². The van der Waals surface area contributed by atoms with E-state index in [4.69, 9.17) is 5.73 Å². The lowest BCUT2D eigenvalue weighted by Crippen LogP contribution is -2.41. The molecule has 0 aliphatic carbocycles. The molecule has 1 saturated heterocycles. The Kier molecular flexibility index (Phi) is 3.52. The van der Waals surface area contributed by atoms with Crippen molar-refractivity contribution in [1.29, 1.82) is 5.26 Å². The third-order valence-electron chi connectivity index (χ3n) is 3.50. The third-order valence-corrected chi connectivity index (χ3v) is 3.50. The van der Waals surface area contributed by atoms with Crippen LogP contribution in [0.3, 0.4) is 0 Å². The van der Waals surface area contributed by atoms with Crippen molar-refractivity contribution in [3.8, 4) is 6.07 Å². The van der Waals surface area contributed by atoms with Crippen LogP contribution in [-0.2, 0) is 4.79 Å². The second-order valence-corrected chi connectivity index (χ2v) is 4.77. The number of piperidine rings is 1. The van der Waals surface area contributed by atoms with Crippen LogP contribution in [-0.4, -0.2) is 19.0 Å². The normalized spacial score (nSPS) is 19.3. The molecule has 0 saturated carbocycles. The molecule has 18 heavy (non-hydrogen) atoms. The van der Waals surface area contributed by atoms with E-state index in [1.54, 1.807) is 0 Å². The number of aryl methyl sites for hydroxylation is 1. The molecular weight excluding hydrogens is 226 g/mol. The fourth-order valence-electron chi connectivity index (χ4n) is 2.58. The zero-order valence-corrected chi connectivity index (χ0v) is 10.5. The van der Waals surface area contributed by atoms with Gasteiger partial charge in [0.15, 0.2) is 0 Å². The average molecular weight is 243 g/mol. The van der Waals surface area contributed by atoms with E-state index >= 15 is 0 Å². The molecule has 0 bridgehead atoms. The maximum absolute atomic E-state index is 11.3. The van der Waals surface area contributed by atoms with Crippen molar-refractivity contribution in [2.75, 3.05) is 18.0 Å². The Morgan fingerprint density at radius 3 is 3.00 bits per heavy atom. The van der Waals surface area contributed by atoms with Gasteiger partial charge in [0.05, 0.1) is 17.2 Å². The largest absolute Gasteiger partial charge is 0.369 e. The van der Waals surface area contributed by atoms with Crippen LogP contribution in [0.25, 0.3) is 0 Å². The summed E-state index contributed by atoms with van der Waals surface area (Å²) in [5.74, 6) is -0.350. The molecule has 1 atom stereocenters. The summed E-state index contributed by atoms with van der Waals surface area (Å²) in [6, 6.07) is 7.91. The summed E-state index contributed by atoms with van der Waals surface area (Å²) in [6.45, 7) is 3.49.